The largest absolute Gasteiger partial charge is 0.444 e. The molecular formula is C19H31N3O5S. The van der Waals surface area contributed by atoms with E-state index in [1.807, 2.05) is 31.5 Å². The van der Waals surface area contributed by atoms with Crippen LogP contribution in [0.15, 0.2) is 6.20 Å². The van der Waals surface area contributed by atoms with E-state index in [0.717, 1.165) is 43.5 Å². The highest BCUT2D eigenvalue weighted by molar-refractivity contribution is 7.85. The van der Waals surface area contributed by atoms with E-state index in [1.54, 1.807) is 4.90 Å². The van der Waals surface area contributed by atoms with Crippen molar-refractivity contribution in [2.24, 2.45) is 0 Å². The topological polar surface area (TPSA) is 90.7 Å². The number of rotatable bonds is 6. The monoisotopic (exact) mass is 413 g/mol. The Bertz CT molecular complexity index is 800. The van der Waals surface area contributed by atoms with Crippen LogP contribution in [0.1, 0.15) is 69.8 Å². The molecule has 1 aromatic rings. The van der Waals surface area contributed by atoms with E-state index < -0.39 is 15.7 Å². The Balaban J connectivity index is 1.63. The first-order chi connectivity index (χ1) is 13.0. The predicted molar refractivity (Wildman–Crippen MR) is 105 cm³/mol. The summed E-state index contributed by atoms with van der Waals surface area (Å²) in [5.74, 6) is 1.74. The van der Waals surface area contributed by atoms with Crippen LogP contribution in [0.3, 0.4) is 0 Å². The molecule has 1 saturated heterocycles. The van der Waals surface area contributed by atoms with Gasteiger partial charge in [0, 0.05) is 37.7 Å². The molecule has 2 heterocycles. The average Bonchev–Trinajstić information content (AvgIpc) is 3.33. The van der Waals surface area contributed by atoms with E-state index in [-0.39, 0.29) is 18.6 Å². The highest BCUT2D eigenvalue weighted by Crippen LogP contribution is 2.40. The van der Waals surface area contributed by atoms with Crippen molar-refractivity contribution in [3.63, 3.8) is 0 Å². The van der Waals surface area contributed by atoms with Gasteiger partial charge in [0.1, 0.15) is 11.4 Å². The zero-order valence-corrected chi connectivity index (χ0v) is 18.0. The Morgan fingerprint density at radius 3 is 2.36 bits per heavy atom. The maximum absolute atomic E-state index is 12.3. The van der Waals surface area contributed by atoms with Gasteiger partial charge in [-0.15, -0.1) is 0 Å². The molecule has 0 radical (unpaired) electrons. The van der Waals surface area contributed by atoms with Crippen molar-refractivity contribution in [2.45, 2.75) is 70.4 Å². The Hall–Kier alpha value is -1.61. The summed E-state index contributed by atoms with van der Waals surface area (Å²) in [5, 5.41) is 0. The molecule has 1 aliphatic heterocycles. The fourth-order valence-corrected chi connectivity index (χ4v) is 3.84. The summed E-state index contributed by atoms with van der Waals surface area (Å²) in [6.45, 7) is 7.42. The van der Waals surface area contributed by atoms with Gasteiger partial charge in [-0.05, 0) is 46.5 Å². The van der Waals surface area contributed by atoms with E-state index in [9.17, 15) is 13.2 Å². The predicted octanol–water partition coefficient (Wildman–Crippen LogP) is 2.85. The Morgan fingerprint density at radius 2 is 1.82 bits per heavy atom. The van der Waals surface area contributed by atoms with Crippen LogP contribution >= 0.6 is 0 Å². The molecule has 0 spiro atoms. The molecule has 1 aliphatic carbocycles. The molecule has 1 saturated carbocycles. The number of amides is 1. The normalized spacial score (nSPS) is 19.1. The number of carbonyl (C=O) groups excluding carboxylic acids is 1. The van der Waals surface area contributed by atoms with Crippen molar-refractivity contribution in [2.75, 3.05) is 26.0 Å². The van der Waals surface area contributed by atoms with Crippen LogP contribution in [0.4, 0.5) is 4.79 Å². The number of aromatic nitrogens is 2. The number of hydrogen-bond donors (Lipinski definition) is 0. The van der Waals surface area contributed by atoms with E-state index in [4.69, 9.17) is 13.9 Å². The van der Waals surface area contributed by atoms with E-state index >= 15 is 0 Å². The van der Waals surface area contributed by atoms with Gasteiger partial charge < -0.3 is 14.2 Å². The highest BCUT2D eigenvalue weighted by Gasteiger charge is 2.32. The molecule has 2 fully saturated rings. The zero-order valence-electron chi connectivity index (χ0n) is 17.2. The molecule has 28 heavy (non-hydrogen) atoms. The lowest BCUT2D eigenvalue weighted by Crippen LogP contribution is -2.41. The molecule has 0 atom stereocenters. The number of likely N-dealkylation sites (tertiary alicyclic amines) is 1. The molecular weight excluding hydrogens is 382 g/mol. The maximum atomic E-state index is 12.3. The minimum atomic E-state index is -3.45. The van der Waals surface area contributed by atoms with Crippen molar-refractivity contribution >= 4 is 16.2 Å². The van der Waals surface area contributed by atoms with Crippen molar-refractivity contribution in [1.29, 1.82) is 0 Å². The summed E-state index contributed by atoms with van der Waals surface area (Å²) in [6, 6.07) is 0. The Morgan fingerprint density at radius 1 is 1.18 bits per heavy atom. The van der Waals surface area contributed by atoms with Crippen LogP contribution in [0, 0.1) is 0 Å². The Labute approximate surface area is 167 Å². The number of ether oxygens (including phenoxy) is 1. The summed E-state index contributed by atoms with van der Waals surface area (Å²) in [6.07, 6.45) is 6.78. The molecule has 158 valence electrons. The van der Waals surface area contributed by atoms with Crippen molar-refractivity contribution in [3.05, 3.63) is 17.7 Å². The smallest absolute Gasteiger partial charge is 0.410 e. The first-order valence-electron chi connectivity index (χ1n) is 9.91. The molecule has 8 nitrogen and oxygen atoms in total. The van der Waals surface area contributed by atoms with Crippen LogP contribution in [-0.4, -0.2) is 60.5 Å². The van der Waals surface area contributed by atoms with Crippen LogP contribution < -0.4 is 0 Å². The van der Waals surface area contributed by atoms with Gasteiger partial charge in [0.25, 0.3) is 10.1 Å². The number of imidazole rings is 1. The second kappa shape index (κ2) is 8.02. The summed E-state index contributed by atoms with van der Waals surface area (Å²) in [7, 11) is -3.45. The van der Waals surface area contributed by atoms with Gasteiger partial charge in [-0.2, -0.15) is 8.42 Å². The molecule has 1 amide bonds. The summed E-state index contributed by atoms with van der Waals surface area (Å²) >= 11 is 0. The fraction of sp³-hybridized carbons (Fsp3) is 0.789. The lowest BCUT2D eigenvalue weighted by atomic mass is 9.96. The van der Waals surface area contributed by atoms with E-state index in [2.05, 4.69) is 0 Å². The van der Waals surface area contributed by atoms with E-state index in [0.29, 0.717) is 25.6 Å². The number of carbonyl (C=O) groups is 1. The number of hydrogen-bond acceptors (Lipinski definition) is 6. The molecule has 0 unspecified atom stereocenters. The van der Waals surface area contributed by atoms with Crippen LogP contribution in [0.2, 0.25) is 0 Å². The molecule has 0 bridgehead atoms. The lowest BCUT2D eigenvalue weighted by Gasteiger charge is -2.33. The lowest BCUT2D eigenvalue weighted by molar-refractivity contribution is 0.0202. The molecule has 0 N–H and O–H groups in total. The minimum Gasteiger partial charge on any atom is -0.444 e. The van der Waals surface area contributed by atoms with Crippen molar-refractivity contribution < 1.29 is 22.1 Å². The maximum Gasteiger partial charge on any atom is 0.410 e. The van der Waals surface area contributed by atoms with Gasteiger partial charge in [-0.1, -0.05) is 0 Å². The summed E-state index contributed by atoms with van der Waals surface area (Å²) in [5.41, 5.74) is 0.590. The second-order valence-electron chi connectivity index (χ2n) is 8.76. The number of piperidine rings is 1. The van der Waals surface area contributed by atoms with Gasteiger partial charge in [0.05, 0.1) is 18.6 Å². The van der Waals surface area contributed by atoms with Gasteiger partial charge in [0.15, 0.2) is 0 Å². The van der Waals surface area contributed by atoms with Gasteiger partial charge in [0.2, 0.25) is 0 Å². The first kappa shape index (κ1) is 21.1. The van der Waals surface area contributed by atoms with Gasteiger partial charge in [-0.3, -0.25) is 4.18 Å². The summed E-state index contributed by atoms with van der Waals surface area (Å²) < 4.78 is 34.9. The third kappa shape index (κ3) is 5.94. The second-order valence-corrected chi connectivity index (χ2v) is 10.4. The number of nitrogens with zero attached hydrogens (tertiary/aromatic N) is 3. The van der Waals surface area contributed by atoms with E-state index in [1.165, 1.54) is 0 Å². The standard InChI is InChI=1S/C19H31N3O5S/c1-19(2,3)27-18(23)21-9-7-15(8-10-21)17-20-16(14-5-6-14)13-22(17)11-12-26-28(4,24)25/h13-15H,5-12H2,1-4H3. The molecule has 3 rings (SSSR count). The van der Waals surface area contributed by atoms with Crippen LogP contribution in [-0.2, 0) is 25.6 Å². The van der Waals surface area contributed by atoms with Crippen LogP contribution in [0.5, 0.6) is 0 Å². The SMILES string of the molecule is CC(C)(C)OC(=O)N1CCC(c2nc(C3CC3)cn2CCOS(C)(=O)=O)CC1. The Kier molecular flexibility index (Phi) is 6.05. The van der Waals surface area contributed by atoms with Gasteiger partial charge in [-0.25, -0.2) is 9.78 Å². The average molecular weight is 414 g/mol. The highest BCUT2D eigenvalue weighted by atomic mass is 32.2. The van der Waals surface area contributed by atoms with Crippen molar-refractivity contribution in [3.8, 4) is 0 Å². The third-order valence-electron chi connectivity index (χ3n) is 4.96. The minimum absolute atomic E-state index is 0.100. The van der Waals surface area contributed by atoms with Crippen LogP contribution in [0.25, 0.3) is 0 Å². The quantitative estimate of drug-likeness (QED) is 0.666. The fourth-order valence-electron chi connectivity index (χ4n) is 3.47. The van der Waals surface area contributed by atoms with Gasteiger partial charge >= 0.3 is 6.09 Å². The zero-order chi connectivity index (χ0) is 20.5. The third-order valence-corrected chi connectivity index (χ3v) is 5.56. The molecule has 9 heteroatoms. The molecule has 2 aliphatic rings. The molecule has 1 aromatic heterocycles. The first-order valence-corrected chi connectivity index (χ1v) is 11.7. The van der Waals surface area contributed by atoms with Crippen molar-refractivity contribution in [1.82, 2.24) is 14.5 Å². The molecule has 0 aromatic carbocycles. The summed E-state index contributed by atoms with van der Waals surface area (Å²) in [4.78, 5) is 18.9.